The summed E-state index contributed by atoms with van der Waals surface area (Å²) in [5.41, 5.74) is 7.36. The van der Waals surface area contributed by atoms with E-state index in [2.05, 4.69) is 12.1 Å². The summed E-state index contributed by atoms with van der Waals surface area (Å²) in [6.07, 6.45) is 0.815. The van der Waals surface area contributed by atoms with Crippen molar-refractivity contribution in [2.45, 2.75) is 32.4 Å². The third-order valence-electron chi connectivity index (χ3n) is 2.99. The number of hydrogen-bond donors (Lipinski definition) is 1. The summed E-state index contributed by atoms with van der Waals surface area (Å²) < 4.78 is 0. The number of hydrogen-bond acceptors (Lipinski definition) is 5. The van der Waals surface area contributed by atoms with Gasteiger partial charge in [0.1, 0.15) is 0 Å². The first-order valence-electron chi connectivity index (χ1n) is 5.93. The molecule has 2 N–H and O–H groups in total. The zero-order chi connectivity index (χ0) is 13.5. The predicted octanol–water partition coefficient (Wildman–Crippen LogP) is 2.18. The van der Waals surface area contributed by atoms with Crippen LogP contribution < -0.4 is 5.73 Å². The lowest BCUT2D eigenvalue weighted by Crippen LogP contribution is -2.41. The maximum Gasteiger partial charge on any atom is 0.0880 e. The number of nitrogens with two attached hydrogens (primary N) is 1. The molecule has 2 atom stereocenters. The third kappa shape index (κ3) is 3.30. The summed E-state index contributed by atoms with van der Waals surface area (Å²) in [6.45, 7) is 4.52. The van der Waals surface area contributed by atoms with Crippen molar-refractivity contribution in [2.24, 2.45) is 5.73 Å². The minimum Gasteiger partial charge on any atom is -0.326 e. The minimum atomic E-state index is -0.0657. The normalized spacial score (nSPS) is 13.9. The van der Waals surface area contributed by atoms with Gasteiger partial charge in [-0.2, -0.15) is 10.5 Å². The molecule has 0 aliphatic heterocycles. The van der Waals surface area contributed by atoms with Gasteiger partial charge in [0, 0.05) is 10.9 Å². The number of nitriles is 2. The average molecular weight is 262 g/mol. The molecule has 18 heavy (non-hydrogen) atoms. The maximum absolute atomic E-state index is 8.90. The molecule has 5 heteroatoms. The molecule has 0 bridgehead atoms. The molecule has 0 fully saturated rings. The van der Waals surface area contributed by atoms with E-state index in [4.69, 9.17) is 16.3 Å². The number of thiophene rings is 1. The van der Waals surface area contributed by atoms with Gasteiger partial charge in [-0.3, -0.25) is 4.90 Å². The Bertz CT molecular complexity index is 438. The lowest BCUT2D eigenvalue weighted by Gasteiger charge is -2.31. The second-order valence-electron chi connectivity index (χ2n) is 4.21. The molecule has 4 nitrogen and oxygen atoms in total. The Morgan fingerprint density at radius 3 is 2.39 bits per heavy atom. The van der Waals surface area contributed by atoms with Gasteiger partial charge in [0.05, 0.1) is 31.3 Å². The van der Waals surface area contributed by atoms with Crippen LogP contribution in [0.2, 0.25) is 0 Å². The van der Waals surface area contributed by atoms with E-state index in [9.17, 15) is 0 Å². The number of aryl methyl sites for hydroxylation is 1. The molecule has 0 aromatic carbocycles. The molecular formula is C13H18N4S. The quantitative estimate of drug-likeness (QED) is 0.797. The Labute approximate surface area is 112 Å². The van der Waals surface area contributed by atoms with E-state index in [1.807, 2.05) is 30.2 Å². The van der Waals surface area contributed by atoms with Gasteiger partial charge in [-0.05, 0) is 30.4 Å². The molecule has 0 aliphatic rings. The summed E-state index contributed by atoms with van der Waals surface area (Å²) in [7, 11) is 0. The van der Waals surface area contributed by atoms with Gasteiger partial charge in [-0.15, -0.1) is 11.3 Å². The first kappa shape index (κ1) is 14.7. The van der Waals surface area contributed by atoms with E-state index in [0.29, 0.717) is 0 Å². The van der Waals surface area contributed by atoms with Crippen molar-refractivity contribution in [3.8, 4) is 12.1 Å². The summed E-state index contributed by atoms with van der Waals surface area (Å²) in [5.74, 6) is 0. The standard InChI is InChI=1S/C13H18N4S/c1-3-11(16)12(13-10(2)4-9-18-13)17(7-5-14)8-6-15/h4,9,11-12H,3,7-8,16H2,1-2H3. The molecule has 0 amide bonds. The fourth-order valence-electron chi connectivity index (χ4n) is 1.98. The second kappa shape index (κ2) is 7.13. The van der Waals surface area contributed by atoms with Crippen LogP contribution in [0.1, 0.15) is 29.8 Å². The van der Waals surface area contributed by atoms with Crippen molar-refractivity contribution in [3.05, 3.63) is 21.9 Å². The Balaban J connectivity index is 3.08. The van der Waals surface area contributed by atoms with Crippen LogP contribution in [-0.2, 0) is 0 Å². The predicted molar refractivity (Wildman–Crippen MR) is 72.9 cm³/mol. The second-order valence-corrected chi connectivity index (χ2v) is 5.15. The molecule has 1 aromatic heterocycles. The zero-order valence-corrected chi connectivity index (χ0v) is 11.6. The van der Waals surface area contributed by atoms with Gasteiger partial charge < -0.3 is 5.73 Å². The Hall–Kier alpha value is -1.40. The van der Waals surface area contributed by atoms with Gasteiger partial charge >= 0.3 is 0 Å². The zero-order valence-electron chi connectivity index (χ0n) is 10.8. The van der Waals surface area contributed by atoms with Crippen LogP contribution in [-0.4, -0.2) is 24.0 Å². The van der Waals surface area contributed by atoms with E-state index < -0.39 is 0 Å². The van der Waals surface area contributed by atoms with Gasteiger partial charge in [0.15, 0.2) is 0 Å². The Morgan fingerprint density at radius 2 is 2.00 bits per heavy atom. The van der Waals surface area contributed by atoms with Crippen LogP contribution >= 0.6 is 11.3 Å². The summed E-state index contributed by atoms with van der Waals surface area (Å²) in [5, 5.41) is 19.8. The van der Waals surface area contributed by atoms with E-state index in [1.165, 1.54) is 5.56 Å². The molecule has 0 aliphatic carbocycles. The topological polar surface area (TPSA) is 76.8 Å². The molecule has 1 heterocycles. The Kier molecular flexibility index (Phi) is 5.80. The molecule has 1 aromatic rings. The van der Waals surface area contributed by atoms with Crippen LogP contribution in [0.3, 0.4) is 0 Å². The smallest absolute Gasteiger partial charge is 0.0880 e. The van der Waals surface area contributed by atoms with E-state index >= 15 is 0 Å². The van der Waals surface area contributed by atoms with Crippen molar-refractivity contribution >= 4 is 11.3 Å². The molecule has 0 saturated heterocycles. The molecule has 1 rings (SSSR count). The molecule has 96 valence electrons. The van der Waals surface area contributed by atoms with Crippen LogP contribution in [0.25, 0.3) is 0 Å². The van der Waals surface area contributed by atoms with E-state index in [-0.39, 0.29) is 25.2 Å². The maximum atomic E-state index is 8.90. The third-order valence-corrected chi connectivity index (χ3v) is 4.08. The highest BCUT2D eigenvalue weighted by atomic mass is 32.1. The highest BCUT2D eigenvalue weighted by molar-refractivity contribution is 7.10. The van der Waals surface area contributed by atoms with Gasteiger partial charge in [0.2, 0.25) is 0 Å². The van der Waals surface area contributed by atoms with E-state index in [0.717, 1.165) is 11.3 Å². The van der Waals surface area contributed by atoms with Crippen molar-refractivity contribution in [2.75, 3.05) is 13.1 Å². The molecule has 0 saturated carbocycles. The lowest BCUT2D eigenvalue weighted by molar-refractivity contribution is 0.215. The van der Waals surface area contributed by atoms with Crippen LogP contribution in [0, 0.1) is 29.6 Å². The van der Waals surface area contributed by atoms with Crippen molar-refractivity contribution in [1.29, 1.82) is 10.5 Å². The van der Waals surface area contributed by atoms with Crippen molar-refractivity contribution in [1.82, 2.24) is 4.90 Å². The molecule has 0 radical (unpaired) electrons. The lowest BCUT2D eigenvalue weighted by atomic mass is 10.0. The summed E-state index contributed by atoms with van der Waals surface area (Å²) in [4.78, 5) is 3.02. The number of rotatable bonds is 6. The van der Waals surface area contributed by atoms with Crippen molar-refractivity contribution < 1.29 is 0 Å². The monoisotopic (exact) mass is 262 g/mol. The minimum absolute atomic E-state index is 0.0469. The molecular weight excluding hydrogens is 244 g/mol. The van der Waals surface area contributed by atoms with Crippen LogP contribution in [0.15, 0.2) is 11.4 Å². The largest absolute Gasteiger partial charge is 0.326 e. The van der Waals surface area contributed by atoms with Crippen LogP contribution in [0.5, 0.6) is 0 Å². The first-order valence-corrected chi connectivity index (χ1v) is 6.81. The van der Waals surface area contributed by atoms with Gasteiger partial charge in [-0.1, -0.05) is 6.92 Å². The Morgan fingerprint density at radius 1 is 1.39 bits per heavy atom. The summed E-state index contributed by atoms with van der Waals surface area (Å²) in [6, 6.07) is 6.17. The SMILES string of the molecule is CCC(N)C(c1sccc1C)N(CC#N)CC#N. The highest BCUT2D eigenvalue weighted by Crippen LogP contribution is 2.31. The van der Waals surface area contributed by atoms with Gasteiger partial charge in [0.25, 0.3) is 0 Å². The van der Waals surface area contributed by atoms with Crippen LogP contribution in [0.4, 0.5) is 0 Å². The van der Waals surface area contributed by atoms with E-state index in [1.54, 1.807) is 11.3 Å². The van der Waals surface area contributed by atoms with Gasteiger partial charge in [-0.25, -0.2) is 0 Å². The first-order chi connectivity index (χ1) is 8.65. The highest BCUT2D eigenvalue weighted by Gasteiger charge is 2.27. The van der Waals surface area contributed by atoms with Crippen molar-refractivity contribution in [3.63, 3.8) is 0 Å². The molecule has 0 spiro atoms. The fourth-order valence-corrected chi connectivity index (χ4v) is 3.11. The molecule has 2 unspecified atom stereocenters. The number of nitrogens with zero attached hydrogens (tertiary/aromatic N) is 3. The average Bonchev–Trinajstić information content (AvgIpc) is 2.76. The summed E-state index contributed by atoms with van der Waals surface area (Å²) >= 11 is 1.64. The fraction of sp³-hybridized carbons (Fsp3) is 0.538.